The fraction of sp³-hybridized carbons (Fsp3) is 0.286. The molecule has 36 heavy (non-hydrogen) atoms. The van der Waals surface area contributed by atoms with Crippen molar-refractivity contribution >= 4 is 85.5 Å². The molecule has 1 fully saturated rings. The maximum Gasteiger partial charge on any atom is 0.390 e. The molecular weight excluding hydrogens is 624 g/mol. The minimum Gasteiger partial charge on any atom is -0.326 e. The zero-order valence-corrected chi connectivity index (χ0v) is 21.4. The summed E-state index contributed by atoms with van der Waals surface area (Å²) in [7, 11) is 0. The molecule has 0 aliphatic heterocycles. The highest BCUT2D eigenvalue weighted by Crippen LogP contribution is 2.53. The number of nitrogens with one attached hydrogen (secondary N) is 3. The van der Waals surface area contributed by atoms with E-state index in [1.807, 2.05) is 0 Å². The molecule has 0 bridgehead atoms. The van der Waals surface area contributed by atoms with Crippen LogP contribution in [0.15, 0.2) is 30.3 Å². The van der Waals surface area contributed by atoms with E-state index in [1.165, 1.54) is 18.2 Å². The summed E-state index contributed by atoms with van der Waals surface area (Å²) in [5.74, 6) is -6.19. The van der Waals surface area contributed by atoms with E-state index in [0.717, 1.165) is 6.07 Å². The van der Waals surface area contributed by atoms with Crippen molar-refractivity contribution in [1.29, 1.82) is 0 Å². The number of hydrogen-bond donors (Lipinski definition) is 3. The Balaban J connectivity index is 1.77. The number of carbonyl (C=O) groups excluding carboxylic acids is 3. The zero-order chi connectivity index (χ0) is 27.0. The van der Waals surface area contributed by atoms with Gasteiger partial charge < -0.3 is 16.0 Å². The third kappa shape index (κ3) is 6.99. The fourth-order valence-electron chi connectivity index (χ4n) is 2.95. The molecule has 0 saturated heterocycles. The Hall–Kier alpha value is -2.15. The molecule has 1 aliphatic rings. The van der Waals surface area contributed by atoms with Crippen molar-refractivity contribution in [3.63, 3.8) is 0 Å². The molecule has 2 atom stereocenters. The number of alkyl halides is 6. The summed E-state index contributed by atoms with van der Waals surface area (Å²) in [5.41, 5.74) is -1.71. The van der Waals surface area contributed by atoms with Crippen LogP contribution in [0.3, 0.4) is 0 Å². The van der Waals surface area contributed by atoms with Crippen molar-refractivity contribution in [2.75, 3.05) is 16.0 Å². The number of rotatable bonds is 7. The minimum absolute atomic E-state index is 0.0775. The number of amides is 3. The molecule has 1 saturated carbocycles. The van der Waals surface area contributed by atoms with E-state index in [0.29, 0.717) is 6.07 Å². The van der Waals surface area contributed by atoms with Crippen molar-refractivity contribution in [2.24, 2.45) is 5.92 Å². The standard InChI is InChI=1S/C21H14BrCl3F5N3O3/c22-11(7-21(28,29)30)19(36)33-16-13(26)3-4-14(15(16)27)32-17(34)9-5-8(1-2-12(9)23)31-18(35)10-6-20(10,24)25/h1-5,10-11H,6-7H2,(H,31,35)(H,32,34)(H,33,36). The Morgan fingerprint density at radius 3 is 2.31 bits per heavy atom. The summed E-state index contributed by atoms with van der Waals surface area (Å²) in [6.07, 6.45) is -6.04. The number of anilines is 3. The monoisotopic (exact) mass is 635 g/mol. The predicted octanol–water partition coefficient (Wildman–Crippen LogP) is 6.66. The molecule has 15 heteroatoms. The SMILES string of the molecule is O=C(Nc1ccc(F)c(NC(=O)C(Br)CC(F)(F)F)c1F)c1cc(NC(=O)C2CC2(Cl)Cl)ccc1Cl. The van der Waals surface area contributed by atoms with Crippen molar-refractivity contribution in [3.05, 3.63) is 52.6 Å². The highest BCUT2D eigenvalue weighted by molar-refractivity contribution is 9.10. The van der Waals surface area contributed by atoms with Crippen LogP contribution in [0.5, 0.6) is 0 Å². The summed E-state index contributed by atoms with van der Waals surface area (Å²) in [6, 6.07) is 5.41. The van der Waals surface area contributed by atoms with E-state index < -0.39 is 68.4 Å². The van der Waals surface area contributed by atoms with Gasteiger partial charge in [0.1, 0.15) is 20.7 Å². The van der Waals surface area contributed by atoms with Crippen LogP contribution in [0.1, 0.15) is 23.2 Å². The van der Waals surface area contributed by atoms with Crippen molar-refractivity contribution in [1.82, 2.24) is 0 Å². The summed E-state index contributed by atoms with van der Waals surface area (Å²) in [4.78, 5) is 35.1. The molecule has 6 nitrogen and oxygen atoms in total. The fourth-order valence-corrected chi connectivity index (χ4v) is 4.15. The topological polar surface area (TPSA) is 87.3 Å². The third-order valence-electron chi connectivity index (χ3n) is 4.90. The number of benzene rings is 2. The smallest absolute Gasteiger partial charge is 0.326 e. The van der Waals surface area contributed by atoms with E-state index >= 15 is 0 Å². The molecule has 0 spiro atoms. The van der Waals surface area contributed by atoms with Gasteiger partial charge in [0, 0.05) is 5.69 Å². The molecule has 0 radical (unpaired) electrons. The zero-order valence-electron chi connectivity index (χ0n) is 17.6. The van der Waals surface area contributed by atoms with Gasteiger partial charge in [-0.3, -0.25) is 14.4 Å². The first-order valence-electron chi connectivity index (χ1n) is 9.88. The van der Waals surface area contributed by atoms with Gasteiger partial charge in [-0.2, -0.15) is 13.2 Å². The first-order chi connectivity index (χ1) is 16.6. The van der Waals surface area contributed by atoms with Crippen LogP contribution in [-0.4, -0.2) is 33.1 Å². The van der Waals surface area contributed by atoms with Crippen LogP contribution < -0.4 is 16.0 Å². The molecule has 0 aromatic heterocycles. The van der Waals surface area contributed by atoms with Crippen LogP contribution in [0.4, 0.5) is 39.0 Å². The Labute approximate surface area is 224 Å². The molecule has 3 N–H and O–H groups in total. The minimum atomic E-state index is -4.71. The van der Waals surface area contributed by atoms with Gasteiger partial charge in [-0.05, 0) is 36.8 Å². The molecule has 2 aromatic rings. The lowest BCUT2D eigenvalue weighted by Gasteiger charge is -2.16. The largest absolute Gasteiger partial charge is 0.390 e. The quantitative estimate of drug-likeness (QED) is 0.235. The maximum absolute atomic E-state index is 14.9. The second-order valence-electron chi connectivity index (χ2n) is 7.72. The maximum atomic E-state index is 14.9. The highest BCUT2D eigenvalue weighted by Gasteiger charge is 2.56. The molecule has 2 unspecified atom stereocenters. The molecule has 0 heterocycles. The predicted molar refractivity (Wildman–Crippen MR) is 129 cm³/mol. The average Bonchev–Trinajstić information content (AvgIpc) is 3.41. The highest BCUT2D eigenvalue weighted by atomic mass is 79.9. The molecular formula is C21H14BrCl3F5N3O3. The second-order valence-corrected chi connectivity index (χ2v) is 10.8. The van der Waals surface area contributed by atoms with E-state index in [-0.39, 0.29) is 22.7 Å². The van der Waals surface area contributed by atoms with Gasteiger partial charge in [0.15, 0.2) is 5.82 Å². The first kappa shape index (κ1) is 28.4. The second kappa shape index (κ2) is 10.7. The van der Waals surface area contributed by atoms with Crippen molar-refractivity contribution in [2.45, 2.75) is 28.2 Å². The Kier molecular flexibility index (Phi) is 8.43. The first-order valence-corrected chi connectivity index (χ1v) is 11.9. The summed E-state index contributed by atoms with van der Waals surface area (Å²) in [6.45, 7) is 0. The van der Waals surface area contributed by atoms with E-state index in [9.17, 15) is 36.3 Å². The summed E-state index contributed by atoms with van der Waals surface area (Å²) in [5, 5.41) is 6.32. The Morgan fingerprint density at radius 1 is 1.08 bits per heavy atom. The van der Waals surface area contributed by atoms with Crippen molar-refractivity contribution < 1.29 is 36.3 Å². The van der Waals surface area contributed by atoms with Crippen LogP contribution in [-0.2, 0) is 9.59 Å². The van der Waals surface area contributed by atoms with Gasteiger partial charge in [0.2, 0.25) is 11.8 Å². The van der Waals surface area contributed by atoms with Gasteiger partial charge in [-0.1, -0.05) is 27.5 Å². The average molecular weight is 638 g/mol. The Bertz CT molecular complexity index is 1230. The number of halogens is 9. The molecule has 1 aliphatic carbocycles. The Morgan fingerprint density at radius 2 is 1.72 bits per heavy atom. The van der Waals surface area contributed by atoms with E-state index in [2.05, 4.69) is 26.6 Å². The van der Waals surface area contributed by atoms with Crippen LogP contribution in [0.25, 0.3) is 0 Å². The molecule has 194 valence electrons. The van der Waals surface area contributed by atoms with Gasteiger partial charge in [0.05, 0.1) is 28.6 Å². The lowest BCUT2D eigenvalue weighted by molar-refractivity contribution is -0.140. The van der Waals surface area contributed by atoms with Crippen LogP contribution in [0.2, 0.25) is 5.02 Å². The van der Waals surface area contributed by atoms with E-state index in [4.69, 9.17) is 34.8 Å². The number of carbonyl (C=O) groups is 3. The van der Waals surface area contributed by atoms with Crippen LogP contribution >= 0.6 is 50.7 Å². The van der Waals surface area contributed by atoms with Crippen LogP contribution in [0, 0.1) is 17.6 Å². The lowest BCUT2D eigenvalue weighted by Crippen LogP contribution is -2.28. The number of hydrogen-bond acceptors (Lipinski definition) is 3. The lowest BCUT2D eigenvalue weighted by atomic mass is 10.1. The normalized spacial score (nSPS) is 17.2. The van der Waals surface area contributed by atoms with E-state index in [1.54, 1.807) is 5.32 Å². The summed E-state index contributed by atoms with van der Waals surface area (Å²) < 4.78 is 65.3. The van der Waals surface area contributed by atoms with Crippen molar-refractivity contribution in [3.8, 4) is 0 Å². The van der Waals surface area contributed by atoms with Gasteiger partial charge >= 0.3 is 6.18 Å². The third-order valence-corrected chi connectivity index (χ3v) is 6.81. The molecule has 3 amide bonds. The van der Waals surface area contributed by atoms with Gasteiger partial charge in [0.25, 0.3) is 5.91 Å². The summed E-state index contributed by atoms with van der Waals surface area (Å²) >= 11 is 20.3. The molecule has 3 rings (SSSR count). The van der Waals surface area contributed by atoms with Gasteiger partial charge in [-0.15, -0.1) is 23.2 Å². The molecule has 2 aromatic carbocycles. The van der Waals surface area contributed by atoms with Gasteiger partial charge in [-0.25, -0.2) is 8.78 Å².